The van der Waals surface area contributed by atoms with Gasteiger partial charge in [0.2, 0.25) is 5.95 Å². The van der Waals surface area contributed by atoms with Crippen molar-refractivity contribution in [2.24, 2.45) is 0 Å². The Morgan fingerprint density at radius 2 is 0.671 bits per heavy atom. The Morgan fingerprint density at radius 3 is 1.26 bits per heavy atom. The van der Waals surface area contributed by atoms with E-state index in [1.54, 1.807) is 0 Å². The normalized spacial score (nSPS) is 12.0. The van der Waals surface area contributed by atoms with E-state index in [-0.39, 0.29) is 0 Å². The van der Waals surface area contributed by atoms with Crippen LogP contribution in [0.4, 0.5) is 0 Å². The third kappa shape index (κ3) is 5.60. The van der Waals surface area contributed by atoms with Crippen LogP contribution in [0, 0.1) is 0 Å². The first-order valence-electron chi connectivity index (χ1n) is 23.7. The minimum absolute atomic E-state index is 0.572. The third-order valence-corrected chi connectivity index (χ3v) is 14.2. The standard InChI is InChI=1S/C63H39N7/c1-4-19-40(20-5-1)61-64-62(41-21-6-2-7-22-41)66-63(65-61)70-54-33-16-12-29-47(54)51-38-57-50(39-58(51)70)46-28-11-14-31-52(46)68(57)44-26-18-25-43(37-44)67-55-34-17-13-30-49(55)59-56(67)36-35-48-45-27-10-15-32-53(45)69(60(48)59)42-23-8-3-9-24-42/h1-39H. The molecule has 7 heteroatoms. The quantitative estimate of drug-likeness (QED) is 0.167. The largest absolute Gasteiger partial charge is 0.309 e. The SMILES string of the molecule is c1ccc(-c2nc(-c3ccccc3)nc(-n3c4ccccc4c4cc5c(cc43)c3ccccc3n5-c3cccc(-n4c5ccccc5c5c4ccc4c6ccccc6n(-c6ccccc6)c45)c3)n2)cc1. The van der Waals surface area contributed by atoms with Crippen LogP contribution >= 0.6 is 0 Å². The number of nitrogens with zero attached hydrogens (tertiary/aromatic N) is 7. The predicted octanol–water partition coefficient (Wildman–Crippen LogP) is 15.6. The number of fused-ring (bicyclic) bond motifs is 13. The summed E-state index contributed by atoms with van der Waals surface area (Å²) in [6.45, 7) is 0. The Bertz CT molecular complexity index is 4520. The molecule has 0 aliphatic heterocycles. The van der Waals surface area contributed by atoms with Crippen LogP contribution in [0.15, 0.2) is 237 Å². The van der Waals surface area contributed by atoms with Gasteiger partial charge < -0.3 is 13.7 Å². The molecule has 0 fully saturated rings. The lowest BCUT2D eigenvalue weighted by atomic mass is 10.1. The Labute approximate surface area is 401 Å². The Morgan fingerprint density at radius 1 is 0.243 bits per heavy atom. The van der Waals surface area contributed by atoms with Gasteiger partial charge in [-0.25, -0.2) is 4.98 Å². The molecule has 0 radical (unpaired) electrons. The van der Waals surface area contributed by atoms with Crippen molar-refractivity contribution in [1.29, 1.82) is 0 Å². The predicted molar refractivity (Wildman–Crippen MR) is 288 cm³/mol. The fraction of sp³-hybridized carbons (Fsp3) is 0. The highest BCUT2D eigenvalue weighted by atomic mass is 15.2. The Hall–Kier alpha value is -9.59. The van der Waals surface area contributed by atoms with Crippen LogP contribution in [0.2, 0.25) is 0 Å². The van der Waals surface area contributed by atoms with Gasteiger partial charge >= 0.3 is 0 Å². The van der Waals surface area contributed by atoms with Crippen molar-refractivity contribution in [3.05, 3.63) is 237 Å². The molecule has 70 heavy (non-hydrogen) atoms. The summed E-state index contributed by atoms with van der Waals surface area (Å²) in [5.41, 5.74) is 14.2. The first kappa shape index (κ1) is 38.5. The fourth-order valence-corrected chi connectivity index (χ4v) is 11.2. The van der Waals surface area contributed by atoms with Crippen molar-refractivity contribution in [2.75, 3.05) is 0 Å². The number of benzene rings is 10. The maximum atomic E-state index is 5.22. The highest BCUT2D eigenvalue weighted by molar-refractivity contribution is 6.26. The molecule has 15 rings (SSSR count). The second-order valence-corrected chi connectivity index (χ2v) is 18.0. The Kier molecular flexibility index (Phi) is 8.23. The molecule has 0 amide bonds. The Balaban J connectivity index is 0.970. The van der Waals surface area contributed by atoms with Crippen LogP contribution in [-0.2, 0) is 0 Å². The number of hydrogen-bond acceptors (Lipinski definition) is 3. The summed E-state index contributed by atoms with van der Waals surface area (Å²) < 4.78 is 9.54. The van der Waals surface area contributed by atoms with E-state index >= 15 is 0 Å². The molecule has 0 aliphatic rings. The van der Waals surface area contributed by atoms with Crippen LogP contribution in [0.25, 0.3) is 133 Å². The minimum Gasteiger partial charge on any atom is -0.309 e. The molecule has 10 aromatic carbocycles. The van der Waals surface area contributed by atoms with E-state index in [4.69, 9.17) is 15.0 Å². The van der Waals surface area contributed by atoms with Crippen LogP contribution < -0.4 is 0 Å². The summed E-state index contributed by atoms with van der Waals surface area (Å²) in [6.07, 6.45) is 0. The van der Waals surface area contributed by atoms with Crippen molar-refractivity contribution in [2.45, 2.75) is 0 Å². The average molecular weight is 894 g/mol. The van der Waals surface area contributed by atoms with Crippen molar-refractivity contribution < 1.29 is 0 Å². The summed E-state index contributed by atoms with van der Waals surface area (Å²) >= 11 is 0. The molecule has 0 saturated heterocycles. The summed E-state index contributed by atoms with van der Waals surface area (Å²) in [4.78, 5) is 15.5. The minimum atomic E-state index is 0.572. The lowest BCUT2D eigenvalue weighted by molar-refractivity contribution is 0.954. The number of rotatable bonds is 6. The zero-order valence-electron chi connectivity index (χ0n) is 37.6. The first-order chi connectivity index (χ1) is 34.7. The van der Waals surface area contributed by atoms with Crippen LogP contribution in [0.1, 0.15) is 0 Å². The van der Waals surface area contributed by atoms with E-state index in [1.807, 2.05) is 36.4 Å². The molecule has 7 nitrogen and oxygen atoms in total. The van der Waals surface area contributed by atoms with E-state index in [1.165, 1.54) is 38.0 Å². The van der Waals surface area contributed by atoms with Gasteiger partial charge in [-0.2, -0.15) is 9.97 Å². The lowest BCUT2D eigenvalue weighted by Crippen LogP contribution is -2.06. The molecule has 0 unspecified atom stereocenters. The van der Waals surface area contributed by atoms with Gasteiger partial charge in [-0.05, 0) is 72.8 Å². The van der Waals surface area contributed by atoms with Gasteiger partial charge in [-0.1, -0.05) is 164 Å². The second-order valence-electron chi connectivity index (χ2n) is 18.0. The van der Waals surface area contributed by atoms with Crippen molar-refractivity contribution >= 4 is 87.2 Å². The van der Waals surface area contributed by atoms with Gasteiger partial charge in [-0.3, -0.25) is 4.57 Å². The third-order valence-electron chi connectivity index (χ3n) is 14.2. The van der Waals surface area contributed by atoms with Crippen molar-refractivity contribution in [3.63, 3.8) is 0 Å². The molecule has 0 atom stereocenters. The first-order valence-corrected chi connectivity index (χ1v) is 23.7. The summed E-state index contributed by atoms with van der Waals surface area (Å²) in [5.74, 6) is 1.82. The highest BCUT2D eigenvalue weighted by Gasteiger charge is 2.24. The van der Waals surface area contributed by atoms with E-state index in [0.717, 1.165) is 77.4 Å². The molecule has 326 valence electrons. The molecular weight excluding hydrogens is 855 g/mol. The fourth-order valence-electron chi connectivity index (χ4n) is 11.2. The van der Waals surface area contributed by atoms with Gasteiger partial charge in [0.1, 0.15) is 0 Å². The van der Waals surface area contributed by atoms with Gasteiger partial charge in [0.25, 0.3) is 0 Å². The van der Waals surface area contributed by atoms with E-state index in [2.05, 4.69) is 218 Å². The maximum absolute atomic E-state index is 5.22. The summed E-state index contributed by atoms with van der Waals surface area (Å²) in [7, 11) is 0. The second kappa shape index (κ2) is 15.0. The smallest absolute Gasteiger partial charge is 0.238 e. The molecule has 0 spiro atoms. The maximum Gasteiger partial charge on any atom is 0.238 e. The zero-order valence-corrected chi connectivity index (χ0v) is 37.6. The molecule has 15 aromatic rings. The van der Waals surface area contributed by atoms with Gasteiger partial charge in [0.15, 0.2) is 11.6 Å². The topological polar surface area (TPSA) is 58.4 Å². The number of para-hydroxylation sites is 5. The van der Waals surface area contributed by atoms with Crippen LogP contribution in [-0.4, -0.2) is 33.2 Å². The average Bonchev–Trinajstić information content (AvgIpc) is 4.16. The zero-order chi connectivity index (χ0) is 45.9. The van der Waals surface area contributed by atoms with E-state index < -0.39 is 0 Å². The van der Waals surface area contributed by atoms with Crippen molar-refractivity contribution in [1.82, 2.24) is 33.2 Å². The van der Waals surface area contributed by atoms with Gasteiger partial charge in [0, 0.05) is 71.3 Å². The van der Waals surface area contributed by atoms with Crippen LogP contribution in [0.5, 0.6) is 0 Å². The molecular formula is C63H39N7. The molecule has 0 aliphatic carbocycles. The van der Waals surface area contributed by atoms with E-state index in [0.29, 0.717) is 17.6 Å². The van der Waals surface area contributed by atoms with Crippen LogP contribution in [0.3, 0.4) is 0 Å². The monoisotopic (exact) mass is 893 g/mol. The van der Waals surface area contributed by atoms with Gasteiger partial charge in [-0.15, -0.1) is 0 Å². The molecule has 5 aromatic heterocycles. The van der Waals surface area contributed by atoms with Crippen molar-refractivity contribution in [3.8, 4) is 45.8 Å². The van der Waals surface area contributed by atoms with Gasteiger partial charge in [0.05, 0.1) is 44.1 Å². The molecule has 0 bridgehead atoms. The number of hydrogen-bond donors (Lipinski definition) is 0. The lowest BCUT2D eigenvalue weighted by Gasteiger charge is -2.13. The number of aromatic nitrogens is 7. The molecule has 0 saturated carbocycles. The highest BCUT2D eigenvalue weighted by Crippen LogP contribution is 2.44. The summed E-state index contributed by atoms with van der Waals surface area (Å²) in [6, 6.07) is 84.5. The molecule has 0 N–H and O–H groups in total. The molecule has 5 heterocycles. The van der Waals surface area contributed by atoms with E-state index in [9.17, 15) is 0 Å². The summed E-state index contributed by atoms with van der Waals surface area (Å²) in [5, 5.41) is 9.49.